The first kappa shape index (κ1) is 15.9. The lowest BCUT2D eigenvalue weighted by Gasteiger charge is -2.20. The van der Waals surface area contributed by atoms with Gasteiger partial charge in [-0.1, -0.05) is 12.1 Å². The maximum Gasteiger partial charge on any atom is 0.279 e. The zero-order chi connectivity index (χ0) is 14.5. The quantitative estimate of drug-likeness (QED) is 0.758. The lowest BCUT2D eigenvalue weighted by Crippen LogP contribution is -2.43. The zero-order valence-corrected chi connectivity index (χ0v) is 12.1. The maximum absolute atomic E-state index is 11.9. The normalized spacial score (nSPS) is 13.5. The summed E-state index contributed by atoms with van der Waals surface area (Å²) in [7, 11) is -0.569. The standard InChI is InChI=1S/C12H20N2O4S/c1-10(9-15)13-19(16,17)14(2)8-11-5-4-6-12(7-11)18-3/h4-7,10,13,15H,8-9H2,1-3H3. The third-order valence-corrected chi connectivity index (χ3v) is 4.22. The van der Waals surface area contributed by atoms with Crippen LogP contribution in [0.1, 0.15) is 12.5 Å². The Kier molecular flexibility index (Phi) is 5.74. The summed E-state index contributed by atoms with van der Waals surface area (Å²) in [6.07, 6.45) is 0. The van der Waals surface area contributed by atoms with Gasteiger partial charge >= 0.3 is 0 Å². The molecule has 1 atom stereocenters. The molecule has 1 aromatic carbocycles. The van der Waals surface area contributed by atoms with Gasteiger partial charge in [0.1, 0.15) is 5.75 Å². The average Bonchev–Trinajstić information content (AvgIpc) is 2.38. The van der Waals surface area contributed by atoms with Crippen LogP contribution in [-0.2, 0) is 16.8 Å². The second-order valence-corrected chi connectivity index (χ2v) is 6.12. The molecule has 0 saturated heterocycles. The van der Waals surface area contributed by atoms with E-state index in [0.717, 1.165) is 5.56 Å². The zero-order valence-electron chi connectivity index (χ0n) is 11.3. The minimum Gasteiger partial charge on any atom is -0.497 e. The number of aliphatic hydroxyl groups excluding tert-OH is 1. The average molecular weight is 288 g/mol. The molecule has 1 unspecified atom stereocenters. The Balaban J connectivity index is 2.75. The van der Waals surface area contributed by atoms with Crippen LogP contribution in [0, 0.1) is 0 Å². The van der Waals surface area contributed by atoms with Gasteiger partial charge in [0.25, 0.3) is 10.2 Å². The molecule has 0 radical (unpaired) electrons. The highest BCUT2D eigenvalue weighted by molar-refractivity contribution is 7.87. The molecule has 0 aliphatic carbocycles. The smallest absolute Gasteiger partial charge is 0.279 e. The van der Waals surface area contributed by atoms with E-state index in [-0.39, 0.29) is 13.2 Å². The Morgan fingerprint density at radius 1 is 1.47 bits per heavy atom. The van der Waals surface area contributed by atoms with E-state index in [4.69, 9.17) is 9.84 Å². The maximum atomic E-state index is 11.9. The van der Waals surface area contributed by atoms with E-state index in [2.05, 4.69) is 4.72 Å². The molecule has 0 saturated carbocycles. The SMILES string of the molecule is COc1cccc(CN(C)S(=O)(=O)NC(C)CO)c1. The fraction of sp³-hybridized carbons (Fsp3) is 0.500. The van der Waals surface area contributed by atoms with Gasteiger partial charge in [0.15, 0.2) is 0 Å². The number of ether oxygens (including phenoxy) is 1. The van der Waals surface area contributed by atoms with Crippen molar-refractivity contribution in [3.8, 4) is 5.75 Å². The fourth-order valence-electron chi connectivity index (χ4n) is 1.49. The highest BCUT2D eigenvalue weighted by Gasteiger charge is 2.20. The molecule has 0 amide bonds. The summed E-state index contributed by atoms with van der Waals surface area (Å²) < 4.78 is 32.5. The molecular weight excluding hydrogens is 268 g/mol. The molecule has 1 rings (SSSR count). The summed E-state index contributed by atoms with van der Waals surface area (Å²) in [6, 6.07) is 6.69. The fourth-order valence-corrected chi connectivity index (χ4v) is 2.58. The molecule has 108 valence electrons. The van der Waals surface area contributed by atoms with Gasteiger partial charge in [-0.2, -0.15) is 17.4 Å². The van der Waals surface area contributed by atoms with Crippen molar-refractivity contribution in [2.75, 3.05) is 20.8 Å². The van der Waals surface area contributed by atoms with Crippen molar-refractivity contribution in [3.63, 3.8) is 0 Å². The van der Waals surface area contributed by atoms with Gasteiger partial charge in [-0.15, -0.1) is 0 Å². The number of aliphatic hydroxyl groups is 1. The highest BCUT2D eigenvalue weighted by Crippen LogP contribution is 2.14. The van der Waals surface area contributed by atoms with E-state index >= 15 is 0 Å². The molecule has 0 aliphatic rings. The van der Waals surface area contributed by atoms with Crippen molar-refractivity contribution in [1.29, 1.82) is 0 Å². The summed E-state index contributed by atoms with van der Waals surface area (Å²) >= 11 is 0. The van der Waals surface area contributed by atoms with Crippen molar-refractivity contribution >= 4 is 10.2 Å². The molecule has 0 bridgehead atoms. The Bertz CT molecular complexity index is 504. The van der Waals surface area contributed by atoms with Crippen LogP contribution in [0.3, 0.4) is 0 Å². The van der Waals surface area contributed by atoms with Gasteiger partial charge in [-0.25, -0.2) is 0 Å². The van der Waals surface area contributed by atoms with Crippen LogP contribution in [0.2, 0.25) is 0 Å². The second kappa shape index (κ2) is 6.85. The Morgan fingerprint density at radius 3 is 2.74 bits per heavy atom. The number of nitrogens with one attached hydrogen (secondary N) is 1. The minimum absolute atomic E-state index is 0.227. The number of hydrogen-bond acceptors (Lipinski definition) is 4. The van der Waals surface area contributed by atoms with Crippen LogP contribution in [0.25, 0.3) is 0 Å². The van der Waals surface area contributed by atoms with Crippen molar-refractivity contribution in [1.82, 2.24) is 9.03 Å². The van der Waals surface area contributed by atoms with Crippen LogP contribution in [0.4, 0.5) is 0 Å². The van der Waals surface area contributed by atoms with Crippen LogP contribution in [0.15, 0.2) is 24.3 Å². The van der Waals surface area contributed by atoms with Crippen LogP contribution < -0.4 is 9.46 Å². The monoisotopic (exact) mass is 288 g/mol. The molecule has 0 fully saturated rings. The highest BCUT2D eigenvalue weighted by atomic mass is 32.2. The van der Waals surface area contributed by atoms with Gasteiger partial charge in [0.2, 0.25) is 0 Å². The van der Waals surface area contributed by atoms with E-state index in [1.165, 1.54) is 11.4 Å². The van der Waals surface area contributed by atoms with E-state index < -0.39 is 16.3 Å². The van der Waals surface area contributed by atoms with Crippen LogP contribution in [0.5, 0.6) is 5.75 Å². The first-order chi connectivity index (χ1) is 8.89. The number of benzene rings is 1. The summed E-state index contributed by atoms with van der Waals surface area (Å²) in [5.74, 6) is 0.681. The third kappa shape index (κ3) is 4.79. The molecule has 2 N–H and O–H groups in total. The van der Waals surface area contributed by atoms with Gasteiger partial charge in [-0.05, 0) is 24.6 Å². The van der Waals surface area contributed by atoms with E-state index in [1.807, 2.05) is 6.07 Å². The van der Waals surface area contributed by atoms with Gasteiger partial charge < -0.3 is 9.84 Å². The van der Waals surface area contributed by atoms with Gasteiger partial charge in [-0.3, -0.25) is 0 Å². The summed E-state index contributed by atoms with van der Waals surface area (Å²) in [4.78, 5) is 0. The van der Waals surface area contributed by atoms with Gasteiger partial charge in [0.05, 0.1) is 13.7 Å². The van der Waals surface area contributed by atoms with Crippen molar-refractivity contribution in [2.45, 2.75) is 19.5 Å². The summed E-state index contributed by atoms with van der Waals surface area (Å²) in [6.45, 7) is 1.58. The predicted molar refractivity (Wildman–Crippen MR) is 73.1 cm³/mol. The lowest BCUT2D eigenvalue weighted by atomic mass is 10.2. The molecule has 6 nitrogen and oxygen atoms in total. The summed E-state index contributed by atoms with van der Waals surface area (Å²) in [5.41, 5.74) is 0.823. The number of hydrogen-bond donors (Lipinski definition) is 2. The molecule has 19 heavy (non-hydrogen) atoms. The van der Waals surface area contributed by atoms with Gasteiger partial charge in [0, 0.05) is 19.6 Å². The van der Waals surface area contributed by atoms with Crippen molar-refractivity contribution in [2.24, 2.45) is 0 Å². The second-order valence-electron chi connectivity index (χ2n) is 4.31. The molecule has 0 aliphatic heterocycles. The van der Waals surface area contributed by atoms with Crippen LogP contribution >= 0.6 is 0 Å². The Hall–Kier alpha value is -1.15. The Morgan fingerprint density at radius 2 is 2.16 bits per heavy atom. The molecule has 7 heteroatoms. The lowest BCUT2D eigenvalue weighted by molar-refractivity contribution is 0.263. The van der Waals surface area contributed by atoms with Crippen molar-refractivity contribution in [3.05, 3.63) is 29.8 Å². The van der Waals surface area contributed by atoms with E-state index in [9.17, 15) is 8.42 Å². The molecular formula is C12H20N2O4S. The van der Waals surface area contributed by atoms with E-state index in [0.29, 0.717) is 5.75 Å². The third-order valence-electron chi connectivity index (χ3n) is 2.57. The first-order valence-electron chi connectivity index (χ1n) is 5.86. The van der Waals surface area contributed by atoms with Crippen molar-refractivity contribution < 1.29 is 18.3 Å². The first-order valence-corrected chi connectivity index (χ1v) is 7.30. The predicted octanol–water partition coefficient (Wildman–Crippen LogP) is 0.342. The summed E-state index contributed by atoms with van der Waals surface area (Å²) in [5, 5.41) is 8.88. The number of methoxy groups -OCH3 is 1. The molecule has 0 heterocycles. The number of rotatable bonds is 7. The van der Waals surface area contributed by atoms with Crippen LogP contribution in [-0.4, -0.2) is 44.6 Å². The molecule has 0 spiro atoms. The molecule has 1 aromatic rings. The largest absolute Gasteiger partial charge is 0.497 e. The minimum atomic E-state index is -3.61. The van der Waals surface area contributed by atoms with E-state index in [1.54, 1.807) is 32.2 Å². The molecule has 0 aromatic heterocycles. The Labute approximate surface area is 114 Å². The topological polar surface area (TPSA) is 78.9 Å². The number of nitrogens with zero attached hydrogens (tertiary/aromatic N) is 1.